The third-order valence-corrected chi connectivity index (χ3v) is 3.71. The molecule has 22 heavy (non-hydrogen) atoms. The second kappa shape index (κ2) is 5.61. The van der Waals surface area contributed by atoms with Crippen LogP contribution >= 0.6 is 0 Å². The maximum Gasteiger partial charge on any atom is 0.225 e. The molecule has 1 saturated heterocycles. The van der Waals surface area contributed by atoms with E-state index in [9.17, 15) is 0 Å². The van der Waals surface area contributed by atoms with E-state index in [1.165, 1.54) is 0 Å². The minimum absolute atomic E-state index is 0.641. The van der Waals surface area contributed by atoms with Gasteiger partial charge in [0.15, 0.2) is 5.65 Å². The van der Waals surface area contributed by atoms with Gasteiger partial charge in [0.05, 0.1) is 11.9 Å². The number of nitrogens with zero attached hydrogens (tertiary/aromatic N) is 6. The van der Waals surface area contributed by atoms with Crippen molar-refractivity contribution in [3.8, 4) is 11.3 Å². The van der Waals surface area contributed by atoms with E-state index in [1.807, 2.05) is 18.2 Å². The number of pyridine rings is 1. The summed E-state index contributed by atoms with van der Waals surface area (Å²) in [5.74, 6) is 0.770. The Balaban J connectivity index is 1.71. The number of aromatic nitrogens is 5. The van der Waals surface area contributed by atoms with Crippen LogP contribution in [0.25, 0.3) is 22.3 Å². The molecule has 1 fully saturated rings. The third-order valence-electron chi connectivity index (χ3n) is 3.71. The van der Waals surface area contributed by atoms with Crippen LogP contribution in [-0.4, -0.2) is 51.3 Å². The van der Waals surface area contributed by atoms with Gasteiger partial charge >= 0.3 is 0 Å². The van der Waals surface area contributed by atoms with E-state index in [0.29, 0.717) is 5.65 Å². The lowest BCUT2D eigenvalue weighted by atomic mass is 10.1. The van der Waals surface area contributed by atoms with Crippen molar-refractivity contribution in [1.82, 2.24) is 30.5 Å². The van der Waals surface area contributed by atoms with Crippen molar-refractivity contribution in [3.05, 3.63) is 36.8 Å². The fraction of sp³-hybridized carbons (Fsp3) is 0.267. The third kappa shape index (κ3) is 2.46. The molecule has 0 atom stereocenters. The molecule has 1 aliphatic rings. The number of nitrogens with one attached hydrogen (secondary N) is 1. The maximum absolute atomic E-state index is 4.68. The molecule has 3 aromatic rings. The summed E-state index contributed by atoms with van der Waals surface area (Å²) < 4.78 is 0. The molecule has 1 aliphatic heterocycles. The van der Waals surface area contributed by atoms with Crippen LogP contribution in [0.1, 0.15) is 0 Å². The first-order chi connectivity index (χ1) is 10.9. The maximum atomic E-state index is 4.68. The van der Waals surface area contributed by atoms with Crippen LogP contribution in [0.4, 0.5) is 5.95 Å². The molecular weight excluding hydrogens is 278 g/mol. The van der Waals surface area contributed by atoms with E-state index in [4.69, 9.17) is 0 Å². The molecule has 0 spiro atoms. The topological polar surface area (TPSA) is 79.7 Å². The summed E-state index contributed by atoms with van der Waals surface area (Å²) in [7, 11) is 0. The van der Waals surface area contributed by atoms with E-state index < -0.39 is 0 Å². The van der Waals surface area contributed by atoms with Crippen molar-refractivity contribution in [2.24, 2.45) is 0 Å². The highest BCUT2D eigenvalue weighted by Gasteiger charge is 2.14. The zero-order valence-corrected chi connectivity index (χ0v) is 12.0. The van der Waals surface area contributed by atoms with Crippen molar-refractivity contribution >= 4 is 17.0 Å². The first kappa shape index (κ1) is 13.0. The SMILES string of the molecule is c1cc2cc(-c3ccnc(N4CCNCC4)n3)cnc2nn1. The van der Waals surface area contributed by atoms with Gasteiger partial charge in [-0.05, 0) is 18.2 Å². The molecule has 7 nitrogen and oxygen atoms in total. The fourth-order valence-corrected chi connectivity index (χ4v) is 2.55. The highest BCUT2D eigenvalue weighted by atomic mass is 15.3. The van der Waals surface area contributed by atoms with E-state index in [1.54, 1.807) is 18.6 Å². The van der Waals surface area contributed by atoms with Crippen LogP contribution in [0.15, 0.2) is 36.8 Å². The van der Waals surface area contributed by atoms with Gasteiger partial charge in [-0.15, -0.1) is 5.10 Å². The van der Waals surface area contributed by atoms with Crippen LogP contribution in [0, 0.1) is 0 Å². The predicted octanol–water partition coefficient (Wildman–Crippen LogP) is 0.891. The van der Waals surface area contributed by atoms with Gasteiger partial charge in [0.1, 0.15) is 0 Å². The lowest BCUT2D eigenvalue weighted by Gasteiger charge is -2.27. The van der Waals surface area contributed by atoms with Crippen LogP contribution in [0.3, 0.4) is 0 Å². The normalized spacial score (nSPS) is 15.2. The van der Waals surface area contributed by atoms with Crippen LogP contribution in [0.5, 0.6) is 0 Å². The van der Waals surface area contributed by atoms with Gasteiger partial charge in [0, 0.05) is 49.5 Å². The lowest BCUT2D eigenvalue weighted by molar-refractivity contribution is 0.580. The molecule has 3 aromatic heterocycles. The minimum atomic E-state index is 0.641. The molecule has 7 heteroatoms. The van der Waals surface area contributed by atoms with E-state index in [-0.39, 0.29) is 0 Å². The van der Waals surface area contributed by atoms with Crippen molar-refractivity contribution in [3.63, 3.8) is 0 Å². The Morgan fingerprint density at radius 3 is 2.86 bits per heavy atom. The fourth-order valence-electron chi connectivity index (χ4n) is 2.55. The van der Waals surface area contributed by atoms with Gasteiger partial charge in [-0.2, -0.15) is 5.10 Å². The monoisotopic (exact) mass is 293 g/mol. The first-order valence-corrected chi connectivity index (χ1v) is 7.27. The smallest absolute Gasteiger partial charge is 0.225 e. The number of hydrogen-bond donors (Lipinski definition) is 1. The van der Waals surface area contributed by atoms with Crippen LogP contribution in [-0.2, 0) is 0 Å². The molecule has 4 rings (SSSR count). The van der Waals surface area contributed by atoms with Gasteiger partial charge < -0.3 is 10.2 Å². The molecule has 4 heterocycles. The molecule has 0 aliphatic carbocycles. The van der Waals surface area contributed by atoms with Gasteiger partial charge in [-0.1, -0.05) is 0 Å². The molecule has 1 N–H and O–H groups in total. The van der Waals surface area contributed by atoms with Gasteiger partial charge in [0.25, 0.3) is 0 Å². The Labute approximate surface area is 127 Å². The average Bonchev–Trinajstić information content (AvgIpc) is 2.62. The highest BCUT2D eigenvalue weighted by molar-refractivity contribution is 5.79. The van der Waals surface area contributed by atoms with Gasteiger partial charge in [-0.25, -0.2) is 15.0 Å². The Hall–Kier alpha value is -2.67. The van der Waals surface area contributed by atoms with Crippen LogP contribution in [0.2, 0.25) is 0 Å². The van der Waals surface area contributed by atoms with E-state index >= 15 is 0 Å². The van der Waals surface area contributed by atoms with Crippen molar-refractivity contribution in [2.75, 3.05) is 31.1 Å². The second-order valence-corrected chi connectivity index (χ2v) is 5.15. The summed E-state index contributed by atoms with van der Waals surface area (Å²) in [6.07, 6.45) is 5.25. The standard InChI is InChI=1S/C15H15N7/c1-4-19-21-14-11(1)9-12(10-18-14)13-2-3-17-15(20-13)22-7-5-16-6-8-22/h1-4,9-10,16H,5-8H2. The molecule has 0 unspecified atom stereocenters. The Bertz CT molecular complexity index is 799. The highest BCUT2D eigenvalue weighted by Crippen LogP contribution is 2.21. The Morgan fingerprint density at radius 1 is 1.05 bits per heavy atom. The zero-order valence-electron chi connectivity index (χ0n) is 12.0. The number of anilines is 1. The molecule has 0 aromatic carbocycles. The van der Waals surface area contributed by atoms with Crippen molar-refractivity contribution in [2.45, 2.75) is 0 Å². The molecular formula is C15H15N7. The second-order valence-electron chi connectivity index (χ2n) is 5.15. The summed E-state index contributed by atoms with van der Waals surface area (Å²) in [5.41, 5.74) is 2.47. The first-order valence-electron chi connectivity index (χ1n) is 7.27. The quantitative estimate of drug-likeness (QED) is 0.751. The van der Waals surface area contributed by atoms with Crippen molar-refractivity contribution in [1.29, 1.82) is 0 Å². The number of fused-ring (bicyclic) bond motifs is 1. The summed E-state index contributed by atoms with van der Waals surface area (Å²) >= 11 is 0. The number of rotatable bonds is 2. The Morgan fingerprint density at radius 2 is 1.95 bits per heavy atom. The predicted molar refractivity (Wildman–Crippen MR) is 83.4 cm³/mol. The number of piperazine rings is 1. The van der Waals surface area contributed by atoms with Gasteiger partial charge in [0.2, 0.25) is 5.95 Å². The molecule has 0 saturated carbocycles. The molecule has 0 amide bonds. The summed E-state index contributed by atoms with van der Waals surface area (Å²) in [4.78, 5) is 15.6. The Kier molecular flexibility index (Phi) is 3.32. The average molecular weight is 293 g/mol. The van der Waals surface area contributed by atoms with Crippen molar-refractivity contribution < 1.29 is 0 Å². The summed E-state index contributed by atoms with van der Waals surface area (Å²) in [6.45, 7) is 3.78. The molecule has 0 bridgehead atoms. The summed E-state index contributed by atoms with van der Waals surface area (Å²) in [5, 5.41) is 12.1. The summed E-state index contributed by atoms with van der Waals surface area (Å²) in [6, 6.07) is 5.83. The van der Waals surface area contributed by atoms with Gasteiger partial charge in [-0.3, -0.25) is 0 Å². The van der Waals surface area contributed by atoms with Crippen LogP contribution < -0.4 is 10.2 Å². The zero-order chi connectivity index (χ0) is 14.8. The number of hydrogen-bond acceptors (Lipinski definition) is 7. The molecule has 0 radical (unpaired) electrons. The van der Waals surface area contributed by atoms with E-state index in [0.717, 1.165) is 48.8 Å². The minimum Gasteiger partial charge on any atom is -0.338 e. The van der Waals surface area contributed by atoms with E-state index in [2.05, 4.69) is 35.4 Å². The molecule has 110 valence electrons. The largest absolute Gasteiger partial charge is 0.338 e. The lowest BCUT2D eigenvalue weighted by Crippen LogP contribution is -2.44.